The summed E-state index contributed by atoms with van der Waals surface area (Å²) in [7, 11) is 1.88. The Kier molecular flexibility index (Phi) is 5.56. The number of hydrogen-bond donors (Lipinski definition) is 1. The van der Waals surface area contributed by atoms with Crippen LogP contribution in [-0.2, 0) is 7.05 Å². The van der Waals surface area contributed by atoms with E-state index in [1.807, 2.05) is 31.8 Å². The molecule has 1 amide bonds. The molecule has 0 unspecified atom stereocenters. The largest absolute Gasteiger partial charge is 0.465 e. The summed E-state index contributed by atoms with van der Waals surface area (Å²) in [6.45, 7) is 3.10. The Morgan fingerprint density at radius 2 is 1.73 bits per heavy atom. The third-order valence-corrected chi connectivity index (χ3v) is 8.07. The highest BCUT2D eigenvalue weighted by atomic mass is 16.4. The number of rotatable bonds is 3. The van der Waals surface area contributed by atoms with Gasteiger partial charge in [-0.05, 0) is 49.3 Å². The van der Waals surface area contributed by atoms with Gasteiger partial charge in [0, 0.05) is 74.1 Å². The van der Waals surface area contributed by atoms with Crippen molar-refractivity contribution in [2.75, 3.05) is 31.1 Å². The third kappa shape index (κ3) is 4.16. The number of carboxylic acid groups (broad SMARTS) is 1. The van der Waals surface area contributed by atoms with Crippen molar-refractivity contribution >= 4 is 17.4 Å². The average Bonchev–Trinajstić information content (AvgIpc) is 3.55. The van der Waals surface area contributed by atoms with Crippen molar-refractivity contribution < 1.29 is 9.90 Å². The molecule has 4 aromatic rings. The van der Waals surface area contributed by atoms with E-state index in [1.165, 1.54) is 4.90 Å². The molecular weight excluding hydrogens is 468 g/mol. The van der Waals surface area contributed by atoms with E-state index in [9.17, 15) is 15.2 Å². The van der Waals surface area contributed by atoms with Crippen molar-refractivity contribution in [2.24, 2.45) is 12.5 Å². The van der Waals surface area contributed by atoms with Crippen LogP contribution < -0.4 is 4.90 Å². The molecule has 0 atom stereocenters. The van der Waals surface area contributed by atoms with Crippen LogP contribution in [0.15, 0.2) is 49.2 Å². The lowest BCUT2D eigenvalue weighted by atomic mass is 9.71. The number of nitrogens with zero attached hydrogens (tertiary/aromatic N) is 8. The van der Waals surface area contributed by atoms with Gasteiger partial charge in [0.05, 0.1) is 23.5 Å². The summed E-state index contributed by atoms with van der Waals surface area (Å²) in [6, 6.07) is 8.44. The molecule has 37 heavy (non-hydrogen) atoms. The van der Waals surface area contributed by atoms with E-state index >= 15 is 0 Å². The van der Waals surface area contributed by atoms with Gasteiger partial charge in [-0.1, -0.05) is 0 Å². The van der Waals surface area contributed by atoms with Crippen LogP contribution in [0, 0.1) is 16.7 Å². The second kappa shape index (κ2) is 8.92. The van der Waals surface area contributed by atoms with Gasteiger partial charge in [-0.15, -0.1) is 0 Å². The number of nitriles is 1. The van der Waals surface area contributed by atoms with Gasteiger partial charge in [-0.25, -0.2) is 14.3 Å². The van der Waals surface area contributed by atoms with Crippen LogP contribution in [0.1, 0.15) is 31.2 Å². The molecular formula is C27H28N8O2. The number of piperidine rings is 2. The van der Waals surface area contributed by atoms with Crippen molar-refractivity contribution in [3.63, 3.8) is 0 Å². The molecule has 10 heteroatoms. The normalized spacial score (nSPS) is 17.3. The van der Waals surface area contributed by atoms with Crippen LogP contribution in [-0.4, -0.2) is 66.7 Å². The first-order valence-electron chi connectivity index (χ1n) is 12.5. The topological polar surface area (TPSA) is 116 Å². The quantitative estimate of drug-likeness (QED) is 0.455. The van der Waals surface area contributed by atoms with Gasteiger partial charge < -0.3 is 14.9 Å². The van der Waals surface area contributed by atoms with E-state index in [0.717, 1.165) is 72.4 Å². The Bertz CT molecular complexity index is 1500. The number of fused-ring (bicyclic) bond motifs is 1. The Hall–Kier alpha value is -4.39. The van der Waals surface area contributed by atoms with Gasteiger partial charge in [-0.2, -0.15) is 15.5 Å². The van der Waals surface area contributed by atoms with E-state index in [4.69, 9.17) is 4.98 Å². The zero-order valence-electron chi connectivity index (χ0n) is 20.7. The summed E-state index contributed by atoms with van der Waals surface area (Å²) in [6.07, 6.45) is 12.3. The molecule has 2 fully saturated rings. The number of aromatic nitrogens is 5. The second-order valence-corrected chi connectivity index (χ2v) is 10.2. The molecule has 4 aromatic heterocycles. The van der Waals surface area contributed by atoms with E-state index in [1.54, 1.807) is 15.4 Å². The molecule has 0 aromatic carbocycles. The van der Waals surface area contributed by atoms with E-state index in [2.05, 4.69) is 39.4 Å². The monoisotopic (exact) mass is 496 g/mol. The maximum absolute atomic E-state index is 11.3. The summed E-state index contributed by atoms with van der Waals surface area (Å²) >= 11 is 0. The van der Waals surface area contributed by atoms with Crippen LogP contribution in [0.3, 0.4) is 0 Å². The lowest BCUT2D eigenvalue weighted by Crippen LogP contribution is -2.48. The third-order valence-electron chi connectivity index (χ3n) is 8.07. The fourth-order valence-electron chi connectivity index (χ4n) is 5.77. The molecule has 188 valence electrons. The highest BCUT2D eigenvalue weighted by Crippen LogP contribution is 2.42. The number of carbonyl (C=O) groups is 1. The molecule has 6 heterocycles. The molecule has 0 aliphatic carbocycles. The molecule has 2 saturated heterocycles. The minimum atomic E-state index is -0.808. The van der Waals surface area contributed by atoms with E-state index < -0.39 is 6.09 Å². The van der Waals surface area contributed by atoms with Crippen molar-refractivity contribution in [3.05, 3.63) is 54.7 Å². The number of likely N-dealkylation sites (tertiary alicyclic amines) is 1. The van der Waals surface area contributed by atoms with Gasteiger partial charge >= 0.3 is 6.09 Å². The zero-order valence-corrected chi connectivity index (χ0v) is 20.7. The Balaban J connectivity index is 1.24. The average molecular weight is 497 g/mol. The van der Waals surface area contributed by atoms with Crippen molar-refractivity contribution in [3.8, 4) is 28.3 Å². The van der Waals surface area contributed by atoms with Crippen LogP contribution in [0.4, 0.5) is 10.6 Å². The summed E-state index contributed by atoms with van der Waals surface area (Å²) in [5.41, 5.74) is 5.28. The Labute approximate surface area is 214 Å². The van der Waals surface area contributed by atoms with Crippen molar-refractivity contribution in [1.29, 1.82) is 5.26 Å². The predicted octanol–water partition coefficient (Wildman–Crippen LogP) is 4.03. The lowest BCUT2D eigenvalue weighted by molar-refractivity contribution is 0.0735. The summed E-state index contributed by atoms with van der Waals surface area (Å²) in [5.74, 6) is 0.940. The molecule has 1 N–H and O–H groups in total. The Morgan fingerprint density at radius 1 is 0.973 bits per heavy atom. The first-order valence-corrected chi connectivity index (χ1v) is 12.5. The fraction of sp³-hybridized carbons (Fsp3) is 0.370. The van der Waals surface area contributed by atoms with Gasteiger partial charge in [0.1, 0.15) is 11.9 Å². The molecule has 2 aliphatic heterocycles. The van der Waals surface area contributed by atoms with Gasteiger partial charge in [0.25, 0.3) is 0 Å². The number of pyridine rings is 2. The maximum Gasteiger partial charge on any atom is 0.407 e. The molecule has 10 nitrogen and oxygen atoms in total. The summed E-state index contributed by atoms with van der Waals surface area (Å²) in [4.78, 5) is 19.9. The van der Waals surface area contributed by atoms with Crippen LogP contribution in [0.25, 0.3) is 27.8 Å². The maximum atomic E-state index is 11.3. The molecule has 2 aliphatic rings. The van der Waals surface area contributed by atoms with E-state index in [-0.39, 0.29) is 5.41 Å². The second-order valence-electron chi connectivity index (χ2n) is 10.2. The van der Waals surface area contributed by atoms with Gasteiger partial charge in [0.2, 0.25) is 0 Å². The number of hydrogen-bond acceptors (Lipinski definition) is 6. The molecule has 0 saturated carbocycles. The number of amides is 1. The minimum absolute atomic E-state index is 0.246. The minimum Gasteiger partial charge on any atom is -0.465 e. The smallest absolute Gasteiger partial charge is 0.407 e. The van der Waals surface area contributed by atoms with E-state index in [0.29, 0.717) is 18.7 Å². The molecule has 6 rings (SSSR count). The van der Waals surface area contributed by atoms with Gasteiger partial charge in [0.15, 0.2) is 0 Å². The number of aryl methyl sites for hydroxylation is 1. The fourth-order valence-corrected chi connectivity index (χ4v) is 5.77. The van der Waals surface area contributed by atoms with Crippen LogP contribution in [0.2, 0.25) is 0 Å². The highest BCUT2D eigenvalue weighted by Gasteiger charge is 2.38. The zero-order chi connectivity index (χ0) is 25.6. The highest BCUT2D eigenvalue weighted by molar-refractivity contribution is 5.87. The standard InChI is InChI=1S/C27H28N8O2/c1-32-17-22(16-30-32)20-12-23(25-21(13-28)15-31-35(25)18-20)19-2-3-24(29-14-19)33-8-4-27(5-9-33)6-10-34(11-7-27)26(36)37/h2-3,12,14-18H,4-11H2,1H3,(H,36,37). The van der Waals surface area contributed by atoms with Crippen LogP contribution in [0.5, 0.6) is 0 Å². The molecule has 1 spiro atoms. The van der Waals surface area contributed by atoms with Crippen molar-refractivity contribution in [2.45, 2.75) is 25.7 Å². The SMILES string of the molecule is Cn1cc(-c2cc(-c3ccc(N4CCC5(CCN(C(=O)O)CC5)CC4)nc3)c3c(C#N)cnn3c2)cn1. The summed E-state index contributed by atoms with van der Waals surface area (Å²) < 4.78 is 3.52. The van der Waals surface area contributed by atoms with Crippen LogP contribution >= 0.6 is 0 Å². The first kappa shape index (κ1) is 23.0. The van der Waals surface area contributed by atoms with Crippen molar-refractivity contribution in [1.82, 2.24) is 29.3 Å². The van der Waals surface area contributed by atoms with Gasteiger partial charge in [-0.3, -0.25) is 4.68 Å². The Morgan fingerprint density at radius 3 is 2.35 bits per heavy atom. The molecule has 0 radical (unpaired) electrons. The summed E-state index contributed by atoms with van der Waals surface area (Å²) in [5, 5.41) is 27.6. The molecule has 0 bridgehead atoms. The lowest BCUT2D eigenvalue weighted by Gasteiger charge is -2.46. The predicted molar refractivity (Wildman–Crippen MR) is 138 cm³/mol. The number of anilines is 1. The first-order chi connectivity index (χ1) is 17.9.